The molecule has 0 bridgehead atoms. The van der Waals surface area contributed by atoms with Crippen LogP contribution in [-0.4, -0.2) is 7.11 Å². The molecule has 1 nitrogen and oxygen atoms in total. The Hall–Kier alpha value is -1.05. The van der Waals surface area contributed by atoms with Gasteiger partial charge in [0, 0.05) is 0 Å². The number of aryl methyl sites for hydroxylation is 1. The average Bonchev–Trinajstić information content (AvgIpc) is 2.05. The summed E-state index contributed by atoms with van der Waals surface area (Å²) < 4.78 is 5.06. The lowest BCUT2D eigenvalue weighted by Gasteiger charge is -2.00. The standard InChI is InChI=1S/C9H12O.FH/c1-3-8-5-4-6-9(7-8)10-2;/h4-7H,3H2,1-2H3;1H. The minimum atomic E-state index is 0. The average molecular weight is 156 g/mol. The first-order valence-electron chi connectivity index (χ1n) is 3.49. The van der Waals surface area contributed by atoms with Crippen LogP contribution in [0.25, 0.3) is 0 Å². The van der Waals surface area contributed by atoms with Crippen molar-refractivity contribution in [2.24, 2.45) is 0 Å². The summed E-state index contributed by atoms with van der Waals surface area (Å²) in [6.07, 6.45) is 1.07. The van der Waals surface area contributed by atoms with Gasteiger partial charge in [-0.1, -0.05) is 19.1 Å². The monoisotopic (exact) mass is 156 g/mol. The predicted octanol–water partition coefficient (Wildman–Crippen LogP) is 2.41. The van der Waals surface area contributed by atoms with E-state index in [2.05, 4.69) is 19.1 Å². The van der Waals surface area contributed by atoms with Crippen LogP contribution in [0, 0.1) is 0 Å². The van der Waals surface area contributed by atoms with E-state index in [-0.39, 0.29) is 4.70 Å². The second-order valence-corrected chi connectivity index (χ2v) is 2.21. The van der Waals surface area contributed by atoms with Crippen molar-refractivity contribution in [1.29, 1.82) is 0 Å². The molecule has 0 aliphatic heterocycles. The summed E-state index contributed by atoms with van der Waals surface area (Å²) in [6, 6.07) is 8.12. The van der Waals surface area contributed by atoms with Crippen LogP contribution in [0.15, 0.2) is 24.3 Å². The number of benzene rings is 1. The van der Waals surface area contributed by atoms with Gasteiger partial charge in [0.05, 0.1) is 7.11 Å². The van der Waals surface area contributed by atoms with Gasteiger partial charge in [0.15, 0.2) is 0 Å². The van der Waals surface area contributed by atoms with Crippen LogP contribution in [0.5, 0.6) is 5.75 Å². The molecule has 0 heterocycles. The third kappa shape index (κ3) is 2.58. The maximum absolute atomic E-state index is 5.06. The van der Waals surface area contributed by atoms with E-state index in [4.69, 9.17) is 4.74 Å². The molecule has 0 aliphatic carbocycles. The first-order chi connectivity index (χ1) is 4.86. The topological polar surface area (TPSA) is 9.23 Å². The molecule has 62 valence electrons. The number of ether oxygens (including phenoxy) is 1. The van der Waals surface area contributed by atoms with E-state index in [0.29, 0.717) is 0 Å². The number of methoxy groups -OCH3 is 1. The lowest BCUT2D eigenvalue weighted by Crippen LogP contribution is -1.84. The molecule has 0 radical (unpaired) electrons. The minimum absolute atomic E-state index is 0. The SMILES string of the molecule is CCc1cccc(OC)c1.F. The fourth-order valence-corrected chi connectivity index (χ4v) is 0.892. The molecular weight excluding hydrogens is 143 g/mol. The quantitative estimate of drug-likeness (QED) is 0.639. The van der Waals surface area contributed by atoms with Crippen LogP contribution in [0.3, 0.4) is 0 Å². The van der Waals surface area contributed by atoms with Crippen LogP contribution in [0.4, 0.5) is 4.70 Å². The lowest BCUT2D eigenvalue weighted by atomic mass is 10.2. The highest BCUT2D eigenvalue weighted by atomic mass is 19.0. The number of rotatable bonds is 2. The summed E-state index contributed by atoms with van der Waals surface area (Å²) in [5.41, 5.74) is 1.32. The molecule has 0 aliphatic rings. The smallest absolute Gasteiger partial charge is 0.119 e. The molecule has 1 rings (SSSR count). The maximum atomic E-state index is 5.06. The Morgan fingerprint density at radius 2 is 2.09 bits per heavy atom. The number of hydrogen-bond acceptors (Lipinski definition) is 1. The molecule has 0 atom stereocenters. The van der Waals surface area contributed by atoms with E-state index in [1.807, 2.05) is 12.1 Å². The molecule has 0 unspecified atom stereocenters. The van der Waals surface area contributed by atoms with Crippen molar-refractivity contribution in [1.82, 2.24) is 0 Å². The first-order valence-corrected chi connectivity index (χ1v) is 3.49. The Bertz CT molecular complexity index is 191. The zero-order valence-electron chi connectivity index (χ0n) is 6.83. The normalized spacial score (nSPS) is 8.55. The second kappa shape index (κ2) is 4.72. The molecule has 1 aromatic carbocycles. The number of hydrogen-bond donors (Lipinski definition) is 0. The molecule has 0 amide bonds. The Kier molecular flexibility index (Phi) is 4.27. The summed E-state index contributed by atoms with van der Waals surface area (Å²) in [4.78, 5) is 0. The van der Waals surface area contributed by atoms with Crippen molar-refractivity contribution in [3.05, 3.63) is 29.8 Å². The van der Waals surface area contributed by atoms with Gasteiger partial charge in [0.1, 0.15) is 5.75 Å². The van der Waals surface area contributed by atoms with Gasteiger partial charge in [-0.15, -0.1) is 0 Å². The summed E-state index contributed by atoms with van der Waals surface area (Å²) in [6.45, 7) is 2.13. The third-order valence-electron chi connectivity index (χ3n) is 1.54. The summed E-state index contributed by atoms with van der Waals surface area (Å²) in [5, 5.41) is 0. The molecule has 11 heavy (non-hydrogen) atoms. The van der Waals surface area contributed by atoms with Crippen LogP contribution in [0.1, 0.15) is 12.5 Å². The fraction of sp³-hybridized carbons (Fsp3) is 0.333. The Balaban J connectivity index is 0.000001000. The zero-order chi connectivity index (χ0) is 7.40. The van der Waals surface area contributed by atoms with E-state index in [1.165, 1.54) is 5.56 Å². The van der Waals surface area contributed by atoms with Gasteiger partial charge >= 0.3 is 0 Å². The van der Waals surface area contributed by atoms with E-state index in [1.54, 1.807) is 7.11 Å². The molecule has 2 heteroatoms. The molecule has 0 saturated carbocycles. The highest BCUT2D eigenvalue weighted by molar-refractivity contribution is 5.28. The Morgan fingerprint density at radius 3 is 2.64 bits per heavy atom. The molecule has 0 aromatic heterocycles. The van der Waals surface area contributed by atoms with Crippen molar-refractivity contribution in [2.75, 3.05) is 7.11 Å². The highest BCUT2D eigenvalue weighted by Gasteiger charge is 1.90. The van der Waals surface area contributed by atoms with E-state index >= 15 is 0 Å². The largest absolute Gasteiger partial charge is 0.497 e. The van der Waals surface area contributed by atoms with Crippen LogP contribution in [0.2, 0.25) is 0 Å². The van der Waals surface area contributed by atoms with E-state index in [0.717, 1.165) is 12.2 Å². The predicted molar refractivity (Wildman–Crippen MR) is 44.9 cm³/mol. The number of halogens is 1. The van der Waals surface area contributed by atoms with Crippen molar-refractivity contribution < 1.29 is 9.44 Å². The molecular formula is C9H13FO. The van der Waals surface area contributed by atoms with Crippen molar-refractivity contribution in [3.63, 3.8) is 0 Å². The second-order valence-electron chi connectivity index (χ2n) is 2.21. The molecule has 0 fully saturated rings. The van der Waals surface area contributed by atoms with Crippen molar-refractivity contribution in [2.45, 2.75) is 13.3 Å². The summed E-state index contributed by atoms with van der Waals surface area (Å²) in [5.74, 6) is 0.944. The molecule has 0 saturated heterocycles. The van der Waals surface area contributed by atoms with Crippen LogP contribution >= 0.6 is 0 Å². The highest BCUT2D eigenvalue weighted by Crippen LogP contribution is 2.12. The fourth-order valence-electron chi connectivity index (χ4n) is 0.892. The van der Waals surface area contributed by atoms with Gasteiger partial charge < -0.3 is 4.74 Å². The van der Waals surface area contributed by atoms with Gasteiger partial charge in [-0.05, 0) is 24.1 Å². The lowest BCUT2D eigenvalue weighted by molar-refractivity contribution is 0.414. The zero-order valence-corrected chi connectivity index (χ0v) is 6.83. The van der Waals surface area contributed by atoms with Crippen molar-refractivity contribution >= 4 is 0 Å². The van der Waals surface area contributed by atoms with E-state index in [9.17, 15) is 0 Å². The Labute approximate surface area is 66.4 Å². The Morgan fingerprint density at radius 1 is 1.36 bits per heavy atom. The third-order valence-corrected chi connectivity index (χ3v) is 1.54. The van der Waals surface area contributed by atoms with E-state index < -0.39 is 0 Å². The van der Waals surface area contributed by atoms with Crippen LogP contribution < -0.4 is 4.74 Å². The van der Waals surface area contributed by atoms with Gasteiger partial charge in [-0.25, -0.2) is 0 Å². The summed E-state index contributed by atoms with van der Waals surface area (Å²) in [7, 11) is 1.69. The van der Waals surface area contributed by atoms with Gasteiger partial charge in [-0.2, -0.15) is 0 Å². The van der Waals surface area contributed by atoms with Crippen LogP contribution in [-0.2, 0) is 6.42 Å². The van der Waals surface area contributed by atoms with Gasteiger partial charge in [0.25, 0.3) is 0 Å². The molecule has 0 N–H and O–H groups in total. The minimum Gasteiger partial charge on any atom is -0.497 e. The van der Waals surface area contributed by atoms with Gasteiger partial charge in [-0.3, -0.25) is 4.70 Å². The van der Waals surface area contributed by atoms with Gasteiger partial charge in [0.2, 0.25) is 0 Å². The van der Waals surface area contributed by atoms with Crippen molar-refractivity contribution in [3.8, 4) is 5.75 Å². The first kappa shape index (κ1) is 9.95. The molecule has 1 aromatic rings. The molecule has 0 spiro atoms. The maximum Gasteiger partial charge on any atom is 0.119 e. The summed E-state index contributed by atoms with van der Waals surface area (Å²) >= 11 is 0.